The fourth-order valence-electron chi connectivity index (χ4n) is 0.874. The molecule has 1 unspecified atom stereocenters. The summed E-state index contributed by atoms with van der Waals surface area (Å²) in [5.41, 5.74) is 5.63. The lowest BCUT2D eigenvalue weighted by atomic mass is 10.1. The summed E-state index contributed by atoms with van der Waals surface area (Å²) in [5.74, 6) is 0.0520. The van der Waals surface area contributed by atoms with Crippen molar-refractivity contribution in [3.05, 3.63) is 0 Å². The number of carbonyl (C=O) groups excluding carboxylic acids is 1. The van der Waals surface area contributed by atoms with Crippen molar-refractivity contribution < 1.29 is 4.79 Å². The van der Waals surface area contributed by atoms with E-state index in [0.29, 0.717) is 13.0 Å². The van der Waals surface area contributed by atoms with Crippen LogP contribution in [0.15, 0.2) is 0 Å². The highest BCUT2D eigenvalue weighted by Crippen LogP contribution is 1.92. The lowest BCUT2D eigenvalue weighted by molar-refractivity contribution is -0.121. The SMILES string of the molecule is CCC(N)CC(=O)NCCN(C)C. The summed E-state index contributed by atoms with van der Waals surface area (Å²) in [6.07, 6.45) is 1.28. The summed E-state index contributed by atoms with van der Waals surface area (Å²) in [4.78, 5) is 13.2. The normalized spacial score (nSPS) is 13.0. The minimum Gasteiger partial charge on any atom is -0.355 e. The molecular formula is C9H21N3O. The van der Waals surface area contributed by atoms with Gasteiger partial charge < -0.3 is 16.0 Å². The van der Waals surface area contributed by atoms with Gasteiger partial charge in [0.2, 0.25) is 5.91 Å². The van der Waals surface area contributed by atoms with Crippen molar-refractivity contribution in [2.45, 2.75) is 25.8 Å². The number of hydrogen-bond acceptors (Lipinski definition) is 3. The standard InChI is InChI=1S/C9H21N3O/c1-4-8(10)7-9(13)11-5-6-12(2)3/h8H,4-7,10H2,1-3H3,(H,11,13). The highest BCUT2D eigenvalue weighted by Gasteiger charge is 2.06. The summed E-state index contributed by atoms with van der Waals surface area (Å²) in [5, 5.41) is 2.82. The van der Waals surface area contributed by atoms with Crippen LogP contribution < -0.4 is 11.1 Å². The Morgan fingerprint density at radius 2 is 2.15 bits per heavy atom. The maximum atomic E-state index is 11.2. The molecule has 0 aromatic rings. The molecule has 0 aliphatic carbocycles. The zero-order chi connectivity index (χ0) is 10.3. The molecule has 0 aliphatic rings. The van der Waals surface area contributed by atoms with Gasteiger partial charge in [-0.1, -0.05) is 6.92 Å². The second kappa shape index (κ2) is 6.86. The number of rotatable bonds is 6. The van der Waals surface area contributed by atoms with Gasteiger partial charge in [-0.15, -0.1) is 0 Å². The minimum atomic E-state index is -0.000596. The number of nitrogens with one attached hydrogen (secondary N) is 1. The highest BCUT2D eigenvalue weighted by atomic mass is 16.1. The van der Waals surface area contributed by atoms with Gasteiger partial charge in [0, 0.05) is 25.6 Å². The van der Waals surface area contributed by atoms with Gasteiger partial charge in [-0.05, 0) is 20.5 Å². The molecule has 4 nitrogen and oxygen atoms in total. The van der Waals surface area contributed by atoms with Crippen LogP contribution in [0.4, 0.5) is 0 Å². The lowest BCUT2D eigenvalue weighted by Crippen LogP contribution is -2.35. The van der Waals surface area contributed by atoms with Crippen molar-refractivity contribution in [1.29, 1.82) is 0 Å². The Balaban J connectivity index is 3.41. The maximum Gasteiger partial charge on any atom is 0.221 e. The van der Waals surface area contributed by atoms with E-state index in [2.05, 4.69) is 5.32 Å². The molecule has 1 atom stereocenters. The molecule has 0 fully saturated rings. The van der Waals surface area contributed by atoms with Crippen LogP contribution in [0.3, 0.4) is 0 Å². The van der Waals surface area contributed by atoms with Crippen LogP contribution in [0.2, 0.25) is 0 Å². The molecule has 0 spiro atoms. The molecule has 0 heterocycles. The van der Waals surface area contributed by atoms with Crippen LogP contribution in [0.5, 0.6) is 0 Å². The molecule has 0 saturated heterocycles. The predicted molar refractivity (Wildman–Crippen MR) is 54.4 cm³/mol. The number of amides is 1. The fourth-order valence-corrected chi connectivity index (χ4v) is 0.874. The molecule has 0 aromatic carbocycles. The van der Waals surface area contributed by atoms with E-state index in [1.165, 1.54) is 0 Å². The van der Waals surface area contributed by atoms with Crippen LogP contribution in [0, 0.1) is 0 Å². The Morgan fingerprint density at radius 1 is 1.54 bits per heavy atom. The topological polar surface area (TPSA) is 58.4 Å². The van der Waals surface area contributed by atoms with Gasteiger partial charge in [0.05, 0.1) is 0 Å². The summed E-state index contributed by atoms with van der Waals surface area (Å²) in [7, 11) is 3.95. The zero-order valence-electron chi connectivity index (χ0n) is 8.84. The second-order valence-electron chi connectivity index (χ2n) is 3.53. The zero-order valence-corrected chi connectivity index (χ0v) is 8.84. The van der Waals surface area contributed by atoms with Crippen LogP contribution in [0.1, 0.15) is 19.8 Å². The Bertz CT molecular complexity index is 148. The molecule has 4 heteroatoms. The Kier molecular flexibility index (Phi) is 6.54. The number of nitrogens with zero attached hydrogens (tertiary/aromatic N) is 1. The maximum absolute atomic E-state index is 11.2. The Morgan fingerprint density at radius 3 is 2.62 bits per heavy atom. The van der Waals surface area contributed by atoms with E-state index >= 15 is 0 Å². The first-order valence-electron chi connectivity index (χ1n) is 4.73. The highest BCUT2D eigenvalue weighted by molar-refractivity contribution is 5.76. The summed E-state index contributed by atoms with van der Waals surface area (Å²) in [6, 6.07) is -0.000596. The molecule has 0 rings (SSSR count). The number of hydrogen-bond donors (Lipinski definition) is 2. The molecule has 0 saturated carbocycles. The van der Waals surface area contributed by atoms with Crippen LogP contribution in [-0.2, 0) is 4.79 Å². The van der Waals surface area contributed by atoms with E-state index in [4.69, 9.17) is 5.73 Å². The quantitative estimate of drug-likeness (QED) is 0.605. The van der Waals surface area contributed by atoms with Gasteiger partial charge in [0.25, 0.3) is 0 Å². The first kappa shape index (κ1) is 12.4. The van der Waals surface area contributed by atoms with Gasteiger partial charge in [0.15, 0.2) is 0 Å². The third-order valence-electron chi connectivity index (χ3n) is 1.85. The van der Waals surface area contributed by atoms with Gasteiger partial charge in [-0.25, -0.2) is 0 Å². The molecule has 0 aliphatic heterocycles. The molecule has 13 heavy (non-hydrogen) atoms. The number of nitrogens with two attached hydrogens (primary N) is 1. The summed E-state index contributed by atoms with van der Waals surface area (Å²) < 4.78 is 0. The van der Waals surface area contributed by atoms with Crippen molar-refractivity contribution in [3.8, 4) is 0 Å². The summed E-state index contributed by atoms with van der Waals surface area (Å²) in [6.45, 7) is 3.55. The molecule has 3 N–H and O–H groups in total. The first-order chi connectivity index (χ1) is 6.06. The monoisotopic (exact) mass is 187 g/mol. The fraction of sp³-hybridized carbons (Fsp3) is 0.889. The van der Waals surface area contributed by atoms with Crippen molar-refractivity contribution in [2.24, 2.45) is 5.73 Å². The van der Waals surface area contributed by atoms with E-state index in [0.717, 1.165) is 13.0 Å². The van der Waals surface area contributed by atoms with Gasteiger partial charge in [-0.2, -0.15) is 0 Å². The molecule has 0 bridgehead atoms. The second-order valence-corrected chi connectivity index (χ2v) is 3.53. The van der Waals surface area contributed by atoms with E-state index in [9.17, 15) is 4.79 Å². The average Bonchev–Trinajstić information content (AvgIpc) is 2.03. The third kappa shape index (κ3) is 7.74. The minimum absolute atomic E-state index is 0.000596. The van der Waals surface area contributed by atoms with Gasteiger partial charge >= 0.3 is 0 Å². The average molecular weight is 187 g/mol. The molecular weight excluding hydrogens is 166 g/mol. The van der Waals surface area contributed by atoms with E-state index in [-0.39, 0.29) is 11.9 Å². The molecule has 1 amide bonds. The van der Waals surface area contributed by atoms with E-state index in [1.807, 2.05) is 25.9 Å². The predicted octanol–water partition coefficient (Wildman–Crippen LogP) is -0.208. The smallest absolute Gasteiger partial charge is 0.221 e. The summed E-state index contributed by atoms with van der Waals surface area (Å²) >= 11 is 0. The van der Waals surface area contributed by atoms with Gasteiger partial charge in [-0.3, -0.25) is 4.79 Å². The Labute approximate surface area is 80.5 Å². The van der Waals surface area contributed by atoms with Crippen LogP contribution in [-0.4, -0.2) is 44.0 Å². The third-order valence-corrected chi connectivity index (χ3v) is 1.85. The van der Waals surface area contributed by atoms with E-state index in [1.54, 1.807) is 0 Å². The van der Waals surface area contributed by atoms with Crippen LogP contribution in [0.25, 0.3) is 0 Å². The van der Waals surface area contributed by atoms with Gasteiger partial charge in [0.1, 0.15) is 0 Å². The molecule has 0 aromatic heterocycles. The van der Waals surface area contributed by atoms with Crippen molar-refractivity contribution in [2.75, 3.05) is 27.2 Å². The number of carbonyl (C=O) groups is 1. The molecule has 0 radical (unpaired) electrons. The lowest BCUT2D eigenvalue weighted by Gasteiger charge is -2.12. The Hall–Kier alpha value is -0.610. The van der Waals surface area contributed by atoms with Crippen LogP contribution >= 0.6 is 0 Å². The van der Waals surface area contributed by atoms with E-state index < -0.39 is 0 Å². The first-order valence-corrected chi connectivity index (χ1v) is 4.73. The molecule has 78 valence electrons. The van der Waals surface area contributed by atoms with Crippen molar-refractivity contribution >= 4 is 5.91 Å². The van der Waals surface area contributed by atoms with Crippen molar-refractivity contribution in [3.63, 3.8) is 0 Å². The largest absolute Gasteiger partial charge is 0.355 e. The van der Waals surface area contributed by atoms with Crippen molar-refractivity contribution in [1.82, 2.24) is 10.2 Å². The number of likely N-dealkylation sites (N-methyl/N-ethyl adjacent to an activating group) is 1.